The second kappa shape index (κ2) is 10.3. The van der Waals surface area contributed by atoms with Crippen LogP contribution in [0.2, 0.25) is 0 Å². The molecule has 0 aliphatic carbocycles. The fourth-order valence-electron chi connectivity index (χ4n) is 2.34. The molecular formula is C18H29BrO. The number of halogens is 1. The highest BCUT2D eigenvalue weighted by Gasteiger charge is 2.08. The summed E-state index contributed by atoms with van der Waals surface area (Å²) < 4.78 is 7.09. The molecular weight excluding hydrogens is 312 g/mol. The van der Waals surface area contributed by atoms with E-state index in [1.165, 1.54) is 50.5 Å². The Kier molecular flexibility index (Phi) is 9.00. The van der Waals surface area contributed by atoms with Gasteiger partial charge in [-0.3, -0.25) is 0 Å². The van der Waals surface area contributed by atoms with E-state index in [-0.39, 0.29) is 0 Å². The van der Waals surface area contributed by atoms with E-state index < -0.39 is 0 Å². The van der Waals surface area contributed by atoms with Crippen LogP contribution in [0.15, 0.2) is 22.7 Å². The predicted molar refractivity (Wildman–Crippen MR) is 91.7 cm³/mol. The number of hydrogen-bond acceptors (Lipinski definition) is 1. The zero-order chi connectivity index (χ0) is 14.8. The molecule has 0 aliphatic rings. The Hall–Kier alpha value is -0.500. The van der Waals surface area contributed by atoms with E-state index in [4.69, 9.17) is 4.74 Å². The molecule has 2 heteroatoms. The molecule has 1 rings (SSSR count). The van der Waals surface area contributed by atoms with Crippen LogP contribution in [0.5, 0.6) is 5.75 Å². The molecule has 0 atom stereocenters. The third-order valence-electron chi connectivity index (χ3n) is 3.60. The van der Waals surface area contributed by atoms with Crippen LogP contribution in [-0.4, -0.2) is 6.61 Å². The maximum Gasteiger partial charge on any atom is 0.122 e. The smallest absolute Gasteiger partial charge is 0.122 e. The van der Waals surface area contributed by atoms with Gasteiger partial charge in [0.05, 0.1) is 6.61 Å². The maximum atomic E-state index is 5.96. The van der Waals surface area contributed by atoms with Crippen LogP contribution < -0.4 is 4.74 Å². The third-order valence-corrected chi connectivity index (χ3v) is 4.09. The van der Waals surface area contributed by atoms with Crippen molar-refractivity contribution in [2.75, 3.05) is 6.61 Å². The van der Waals surface area contributed by atoms with Gasteiger partial charge in [-0.1, -0.05) is 75.2 Å². The first-order valence-electron chi connectivity index (χ1n) is 8.07. The number of unbranched alkanes of at least 4 members (excludes halogenated alkanes) is 6. The quantitative estimate of drug-likeness (QED) is 0.430. The predicted octanol–water partition coefficient (Wildman–Crippen LogP) is 6.70. The SMILES string of the molecule is CCCCCCCCCOc1ccc(Br)cc1C(C)C. The molecule has 0 heterocycles. The molecule has 0 N–H and O–H groups in total. The first kappa shape index (κ1) is 17.6. The average molecular weight is 341 g/mol. The van der Waals surface area contributed by atoms with E-state index in [0.29, 0.717) is 5.92 Å². The molecule has 0 spiro atoms. The normalized spacial score (nSPS) is 11.1. The van der Waals surface area contributed by atoms with Gasteiger partial charge in [0.15, 0.2) is 0 Å². The van der Waals surface area contributed by atoms with Crippen molar-refractivity contribution in [2.24, 2.45) is 0 Å². The Bertz CT molecular complexity index is 374. The Labute approximate surface area is 133 Å². The average Bonchev–Trinajstić information content (AvgIpc) is 2.43. The Balaban J connectivity index is 2.25. The molecule has 0 saturated carbocycles. The summed E-state index contributed by atoms with van der Waals surface area (Å²) in [6, 6.07) is 6.32. The topological polar surface area (TPSA) is 9.23 Å². The second-order valence-corrected chi connectivity index (χ2v) is 6.72. The first-order valence-corrected chi connectivity index (χ1v) is 8.86. The molecule has 1 nitrogen and oxygen atoms in total. The van der Waals surface area contributed by atoms with Crippen LogP contribution in [0.25, 0.3) is 0 Å². The van der Waals surface area contributed by atoms with Gasteiger partial charge in [-0.25, -0.2) is 0 Å². The molecule has 0 bridgehead atoms. The highest BCUT2D eigenvalue weighted by atomic mass is 79.9. The van der Waals surface area contributed by atoms with E-state index >= 15 is 0 Å². The minimum atomic E-state index is 0.497. The molecule has 1 aromatic carbocycles. The molecule has 1 aromatic rings. The summed E-state index contributed by atoms with van der Waals surface area (Å²) in [6.07, 6.45) is 9.28. The van der Waals surface area contributed by atoms with Crippen LogP contribution >= 0.6 is 15.9 Å². The minimum Gasteiger partial charge on any atom is -0.493 e. The standard InChI is InChI=1S/C18H29BrO/c1-4-5-6-7-8-9-10-13-20-18-12-11-16(19)14-17(18)15(2)3/h11-12,14-15H,4-10,13H2,1-3H3. The summed E-state index contributed by atoms with van der Waals surface area (Å²) in [5.41, 5.74) is 1.29. The fourth-order valence-corrected chi connectivity index (χ4v) is 2.72. The number of hydrogen-bond donors (Lipinski definition) is 0. The zero-order valence-electron chi connectivity index (χ0n) is 13.3. The summed E-state index contributed by atoms with van der Waals surface area (Å²) in [7, 11) is 0. The largest absolute Gasteiger partial charge is 0.493 e. The number of rotatable bonds is 10. The summed E-state index contributed by atoms with van der Waals surface area (Å²) in [5.74, 6) is 1.55. The lowest BCUT2D eigenvalue weighted by atomic mass is 10.0. The van der Waals surface area contributed by atoms with E-state index in [1.54, 1.807) is 0 Å². The Morgan fingerprint density at radius 1 is 1.00 bits per heavy atom. The van der Waals surface area contributed by atoms with Crippen molar-refractivity contribution in [2.45, 2.75) is 71.6 Å². The molecule has 0 aliphatic heterocycles. The van der Waals surface area contributed by atoms with E-state index in [0.717, 1.165) is 16.8 Å². The highest BCUT2D eigenvalue weighted by Crippen LogP contribution is 2.29. The van der Waals surface area contributed by atoms with Crippen molar-refractivity contribution in [1.82, 2.24) is 0 Å². The summed E-state index contributed by atoms with van der Waals surface area (Å²) in [5, 5.41) is 0. The van der Waals surface area contributed by atoms with Crippen molar-refractivity contribution in [3.63, 3.8) is 0 Å². The number of benzene rings is 1. The van der Waals surface area contributed by atoms with Gasteiger partial charge in [-0.05, 0) is 36.1 Å². The lowest BCUT2D eigenvalue weighted by Crippen LogP contribution is -2.01. The molecule has 0 amide bonds. The van der Waals surface area contributed by atoms with Crippen LogP contribution in [0.3, 0.4) is 0 Å². The van der Waals surface area contributed by atoms with Gasteiger partial charge in [0, 0.05) is 4.47 Å². The lowest BCUT2D eigenvalue weighted by molar-refractivity contribution is 0.300. The molecule has 0 aromatic heterocycles. The van der Waals surface area contributed by atoms with E-state index in [1.807, 2.05) is 0 Å². The van der Waals surface area contributed by atoms with Gasteiger partial charge in [0.1, 0.15) is 5.75 Å². The molecule has 0 unspecified atom stereocenters. The fraction of sp³-hybridized carbons (Fsp3) is 0.667. The monoisotopic (exact) mass is 340 g/mol. The minimum absolute atomic E-state index is 0.497. The Morgan fingerprint density at radius 2 is 1.65 bits per heavy atom. The van der Waals surface area contributed by atoms with Crippen LogP contribution in [0.1, 0.15) is 77.2 Å². The van der Waals surface area contributed by atoms with E-state index in [2.05, 4.69) is 54.9 Å². The van der Waals surface area contributed by atoms with Crippen LogP contribution in [0.4, 0.5) is 0 Å². The third kappa shape index (κ3) is 6.78. The van der Waals surface area contributed by atoms with Crippen molar-refractivity contribution < 1.29 is 4.74 Å². The summed E-state index contributed by atoms with van der Waals surface area (Å²) >= 11 is 3.53. The molecule has 0 radical (unpaired) electrons. The van der Waals surface area contributed by atoms with Gasteiger partial charge in [0.2, 0.25) is 0 Å². The molecule has 20 heavy (non-hydrogen) atoms. The number of ether oxygens (including phenoxy) is 1. The first-order chi connectivity index (χ1) is 9.65. The van der Waals surface area contributed by atoms with Crippen LogP contribution in [-0.2, 0) is 0 Å². The van der Waals surface area contributed by atoms with Gasteiger partial charge in [0.25, 0.3) is 0 Å². The van der Waals surface area contributed by atoms with E-state index in [9.17, 15) is 0 Å². The molecule has 0 fully saturated rings. The molecule has 0 saturated heterocycles. The van der Waals surface area contributed by atoms with Crippen molar-refractivity contribution in [3.05, 3.63) is 28.2 Å². The second-order valence-electron chi connectivity index (χ2n) is 5.81. The van der Waals surface area contributed by atoms with Crippen molar-refractivity contribution in [1.29, 1.82) is 0 Å². The van der Waals surface area contributed by atoms with Crippen molar-refractivity contribution in [3.8, 4) is 5.75 Å². The van der Waals surface area contributed by atoms with Gasteiger partial charge in [-0.15, -0.1) is 0 Å². The van der Waals surface area contributed by atoms with Gasteiger partial charge >= 0.3 is 0 Å². The highest BCUT2D eigenvalue weighted by molar-refractivity contribution is 9.10. The van der Waals surface area contributed by atoms with Crippen molar-refractivity contribution >= 4 is 15.9 Å². The lowest BCUT2D eigenvalue weighted by Gasteiger charge is -2.14. The molecule has 114 valence electrons. The maximum absolute atomic E-state index is 5.96. The van der Waals surface area contributed by atoms with Gasteiger partial charge in [-0.2, -0.15) is 0 Å². The summed E-state index contributed by atoms with van der Waals surface area (Å²) in [6.45, 7) is 7.53. The van der Waals surface area contributed by atoms with Crippen LogP contribution in [0, 0.1) is 0 Å². The van der Waals surface area contributed by atoms with Gasteiger partial charge < -0.3 is 4.74 Å². The summed E-state index contributed by atoms with van der Waals surface area (Å²) in [4.78, 5) is 0. The zero-order valence-corrected chi connectivity index (χ0v) is 14.8. The Morgan fingerprint density at radius 3 is 2.30 bits per heavy atom.